The number of likely N-dealkylation sites (N-methyl/N-ethyl adjacent to an activating group) is 1. The average Bonchev–Trinajstić information content (AvgIpc) is 2.61. The van der Waals surface area contributed by atoms with Crippen LogP contribution in [-0.4, -0.2) is 43.2 Å². The molecule has 1 N–H and O–H groups in total. The highest BCUT2D eigenvalue weighted by atomic mass is 32.1. The van der Waals surface area contributed by atoms with E-state index < -0.39 is 12.7 Å². The Balaban J connectivity index is 2.31. The standard InChI is InChI=1S/C10H16F3N3S/c1-16(2)4-3-9-15-8(6-17-9)5-14-7-10(11,12)13/h6,14H,3-5,7H2,1-2H3. The van der Waals surface area contributed by atoms with Gasteiger partial charge in [0.15, 0.2) is 0 Å². The summed E-state index contributed by atoms with van der Waals surface area (Å²) >= 11 is 1.49. The molecule has 3 nitrogen and oxygen atoms in total. The number of nitrogens with zero attached hydrogens (tertiary/aromatic N) is 2. The van der Waals surface area contributed by atoms with Crippen LogP contribution in [-0.2, 0) is 13.0 Å². The van der Waals surface area contributed by atoms with E-state index >= 15 is 0 Å². The summed E-state index contributed by atoms with van der Waals surface area (Å²) in [5.74, 6) is 0. The highest BCUT2D eigenvalue weighted by Gasteiger charge is 2.26. The molecule has 0 spiro atoms. The minimum Gasteiger partial charge on any atom is -0.309 e. The summed E-state index contributed by atoms with van der Waals surface area (Å²) in [6.07, 6.45) is -3.33. The van der Waals surface area contributed by atoms with Crippen LogP contribution < -0.4 is 5.32 Å². The third-order valence-electron chi connectivity index (χ3n) is 2.00. The number of nitrogens with one attached hydrogen (secondary N) is 1. The quantitative estimate of drug-likeness (QED) is 0.853. The molecule has 0 aliphatic rings. The Morgan fingerprint density at radius 1 is 1.41 bits per heavy atom. The summed E-state index contributed by atoms with van der Waals surface area (Å²) in [7, 11) is 3.94. The summed E-state index contributed by atoms with van der Waals surface area (Å²) < 4.78 is 35.7. The van der Waals surface area contributed by atoms with Gasteiger partial charge in [-0.1, -0.05) is 0 Å². The molecule has 1 aromatic rings. The molecule has 0 amide bonds. The number of hydrogen-bond donors (Lipinski definition) is 1. The van der Waals surface area contributed by atoms with Crippen LogP contribution in [0.4, 0.5) is 13.2 Å². The van der Waals surface area contributed by atoms with Crippen molar-refractivity contribution in [3.05, 3.63) is 16.1 Å². The van der Waals surface area contributed by atoms with Gasteiger partial charge >= 0.3 is 6.18 Å². The van der Waals surface area contributed by atoms with Crippen molar-refractivity contribution in [2.24, 2.45) is 0 Å². The molecular weight excluding hydrogens is 251 g/mol. The van der Waals surface area contributed by atoms with E-state index in [1.54, 1.807) is 5.38 Å². The minimum absolute atomic E-state index is 0.165. The Hall–Kier alpha value is -0.660. The predicted molar refractivity (Wildman–Crippen MR) is 62.1 cm³/mol. The molecule has 17 heavy (non-hydrogen) atoms. The van der Waals surface area contributed by atoms with Crippen LogP contribution >= 0.6 is 11.3 Å². The Bertz CT molecular complexity index is 336. The van der Waals surface area contributed by atoms with Crippen LogP contribution in [0.15, 0.2) is 5.38 Å². The third-order valence-corrected chi connectivity index (χ3v) is 2.96. The van der Waals surface area contributed by atoms with Crippen molar-refractivity contribution in [1.29, 1.82) is 0 Å². The van der Waals surface area contributed by atoms with Gasteiger partial charge in [0.1, 0.15) is 0 Å². The Labute approximate surface area is 103 Å². The fourth-order valence-electron chi connectivity index (χ4n) is 1.20. The molecule has 0 aliphatic heterocycles. The van der Waals surface area contributed by atoms with E-state index in [-0.39, 0.29) is 6.54 Å². The number of aromatic nitrogens is 1. The first-order chi connectivity index (χ1) is 7.87. The van der Waals surface area contributed by atoms with Gasteiger partial charge in [0.05, 0.1) is 17.2 Å². The van der Waals surface area contributed by atoms with Gasteiger partial charge in [-0.05, 0) is 14.1 Å². The Morgan fingerprint density at radius 2 is 2.12 bits per heavy atom. The smallest absolute Gasteiger partial charge is 0.309 e. The molecule has 1 heterocycles. The summed E-state index contributed by atoms with van der Waals surface area (Å²) in [4.78, 5) is 6.31. The van der Waals surface area contributed by atoms with E-state index in [9.17, 15) is 13.2 Å². The molecule has 1 aromatic heterocycles. The van der Waals surface area contributed by atoms with E-state index in [1.807, 2.05) is 19.0 Å². The molecule has 7 heteroatoms. The van der Waals surface area contributed by atoms with Crippen molar-refractivity contribution in [3.63, 3.8) is 0 Å². The second-order valence-corrected chi connectivity index (χ2v) is 4.95. The molecule has 0 aromatic carbocycles. The number of halogens is 3. The highest BCUT2D eigenvalue weighted by molar-refractivity contribution is 7.09. The highest BCUT2D eigenvalue weighted by Crippen LogP contribution is 2.14. The maximum Gasteiger partial charge on any atom is 0.401 e. The van der Waals surface area contributed by atoms with E-state index in [0.717, 1.165) is 18.0 Å². The molecule has 0 atom stereocenters. The van der Waals surface area contributed by atoms with Gasteiger partial charge in [-0.3, -0.25) is 0 Å². The van der Waals surface area contributed by atoms with Crippen LogP contribution in [0.1, 0.15) is 10.7 Å². The van der Waals surface area contributed by atoms with Crippen molar-refractivity contribution in [2.45, 2.75) is 19.1 Å². The van der Waals surface area contributed by atoms with Crippen LogP contribution in [0.25, 0.3) is 0 Å². The topological polar surface area (TPSA) is 28.2 Å². The number of rotatable bonds is 6. The zero-order valence-corrected chi connectivity index (χ0v) is 10.7. The van der Waals surface area contributed by atoms with E-state index in [2.05, 4.69) is 10.3 Å². The Kier molecular flexibility index (Phi) is 5.35. The van der Waals surface area contributed by atoms with Crippen molar-refractivity contribution < 1.29 is 13.2 Å². The monoisotopic (exact) mass is 267 g/mol. The van der Waals surface area contributed by atoms with Gasteiger partial charge in [0, 0.05) is 24.9 Å². The number of hydrogen-bond acceptors (Lipinski definition) is 4. The molecule has 98 valence electrons. The lowest BCUT2D eigenvalue weighted by Crippen LogP contribution is -2.28. The maximum atomic E-state index is 11.9. The predicted octanol–water partition coefficient (Wildman–Crippen LogP) is 1.90. The molecule has 0 saturated heterocycles. The average molecular weight is 267 g/mol. The molecule has 0 fully saturated rings. The van der Waals surface area contributed by atoms with Gasteiger partial charge < -0.3 is 10.2 Å². The summed E-state index contributed by atoms with van der Waals surface area (Å²) in [5.41, 5.74) is 0.674. The van der Waals surface area contributed by atoms with Gasteiger partial charge in [0.25, 0.3) is 0 Å². The summed E-state index contributed by atoms with van der Waals surface area (Å²) in [6.45, 7) is 0.0818. The van der Waals surface area contributed by atoms with Gasteiger partial charge in [-0.25, -0.2) is 4.98 Å². The Morgan fingerprint density at radius 3 is 2.71 bits per heavy atom. The summed E-state index contributed by atoms with van der Waals surface area (Å²) in [6, 6.07) is 0. The van der Waals surface area contributed by atoms with Crippen LogP contribution in [0.5, 0.6) is 0 Å². The van der Waals surface area contributed by atoms with Crippen molar-refractivity contribution in [2.75, 3.05) is 27.2 Å². The molecule has 0 aliphatic carbocycles. The van der Waals surface area contributed by atoms with Crippen LogP contribution in [0.3, 0.4) is 0 Å². The lowest BCUT2D eigenvalue weighted by molar-refractivity contribution is -0.125. The zero-order valence-electron chi connectivity index (χ0n) is 9.84. The van der Waals surface area contributed by atoms with Gasteiger partial charge in [0.2, 0.25) is 0 Å². The van der Waals surface area contributed by atoms with E-state index in [4.69, 9.17) is 0 Å². The summed E-state index contributed by atoms with van der Waals surface area (Å²) in [5, 5.41) is 5.09. The SMILES string of the molecule is CN(C)CCc1nc(CNCC(F)(F)F)cs1. The van der Waals surface area contributed by atoms with Crippen LogP contribution in [0, 0.1) is 0 Å². The van der Waals surface area contributed by atoms with Crippen molar-refractivity contribution >= 4 is 11.3 Å². The lowest BCUT2D eigenvalue weighted by Gasteiger charge is -2.07. The molecule has 0 radical (unpaired) electrons. The second-order valence-electron chi connectivity index (χ2n) is 4.00. The van der Waals surface area contributed by atoms with Crippen molar-refractivity contribution in [1.82, 2.24) is 15.2 Å². The first-order valence-electron chi connectivity index (χ1n) is 5.22. The normalized spacial score (nSPS) is 12.4. The molecule has 1 rings (SSSR count). The molecular formula is C10H16F3N3S. The second kappa shape index (κ2) is 6.32. The van der Waals surface area contributed by atoms with Crippen LogP contribution in [0.2, 0.25) is 0 Å². The largest absolute Gasteiger partial charge is 0.401 e. The lowest BCUT2D eigenvalue weighted by atomic mass is 10.4. The molecule has 0 bridgehead atoms. The van der Waals surface area contributed by atoms with Gasteiger partial charge in [-0.15, -0.1) is 11.3 Å². The maximum absolute atomic E-state index is 11.9. The first-order valence-corrected chi connectivity index (χ1v) is 6.10. The minimum atomic E-state index is -4.16. The third kappa shape index (κ3) is 6.60. The fourth-order valence-corrected chi connectivity index (χ4v) is 1.98. The fraction of sp³-hybridized carbons (Fsp3) is 0.700. The molecule has 0 saturated carbocycles. The first kappa shape index (κ1) is 14.4. The zero-order chi connectivity index (χ0) is 12.9. The van der Waals surface area contributed by atoms with Gasteiger partial charge in [-0.2, -0.15) is 13.2 Å². The van der Waals surface area contributed by atoms with E-state index in [0.29, 0.717) is 5.69 Å². The van der Waals surface area contributed by atoms with E-state index in [1.165, 1.54) is 11.3 Å². The van der Waals surface area contributed by atoms with Crippen molar-refractivity contribution in [3.8, 4) is 0 Å². The molecule has 0 unspecified atom stereocenters. The number of alkyl halides is 3. The number of thiazole rings is 1.